The first kappa shape index (κ1) is 20.8. The van der Waals surface area contributed by atoms with Crippen molar-refractivity contribution in [2.24, 2.45) is 0 Å². The summed E-state index contributed by atoms with van der Waals surface area (Å²) in [5, 5.41) is 5.77. The molecule has 7 heteroatoms. The number of benzene rings is 2. The fourth-order valence-corrected chi connectivity index (χ4v) is 3.79. The van der Waals surface area contributed by atoms with Gasteiger partial charge in [-0.05, 0) is 60.4 Å². The minimum atomic E-state index is -0.733. The number of hydrogen-bond donors (Lipinski definition) is 2. The van der Waals surface area contributed by atoms with Crippen molar-refractivity contribution in [1.82, 2.24) is 5.32 Å². The van der Waals surface area contributed by atoms with Crippen LogP contribution < -0.4 is 10.6 Å². The minimum absolute atomic E-state index is 0.0994. The molecule has 1 fully saturated rings. The predicted molar refractivity (Wildman–Crippen MR) is 113 cm³/mol. The van der Waals surface area contributed by atoms with Crippen molar-refractivity contribution >= 4 is 17.5 Å². The van der Waals surface area contributed by atoms with E-state index in [0.29, 0.717) is 38.3 Å². The molecule has 0 bridgehead atoms. The number of halogens is 1. The first-order valence-electron chi connectivity index (χ1n) is 10.1. The maximum absolute atomic E-state index is 13.4. The van der Waals surface area contributed by atoms with Gasteiger partial charge < -0.3 is 19.8 Å². The zero-order valence-corrected chi connectivity index (χ0v) is 16.9. The monoisotopic (exact) mass is 422 g/mol. The van der Waals surface area contributed by atoms with Crippen molar-refractivity contribution in [2.75, 3.05) is 18.5 Å². The average Bonchev–Trinajstić information content (AvgIpc) is 3.34. The van der Waals surface area contributed by atoms with E-state index in [2.05, 4.69) is 10.6 Å². The van der Waals surface area contributed by atoms with Gasteiger partial charge in [-0.3, -0.25) is 9.59 Å². The molecule has 2 heterocycles. The van der Waals surface area contributed by atoms with Crippen molar-refractivity contribution in [1.29, 1.82) is 0 Å². The Morgan fingerprint density at radius 1 is 0.968 bits per heavy atom. The predicted octanol–water partition coefficient (Wildman–Crippen LogP) is 4.04. The quantitative estimate of drug-likeness (QED) is 0.628. The number of anilines is 1. The summed E-state index contributed by atoms with van der Waals surface area (Å²) in [5.41, 5.74) is 1.59. The third-order valence-electron chi connectivity index (χ3n) is 5.59. The molecule has 0 spiro atoms. The second kappa shape index (κ2) is 9.14. The summed E-state index contributed by atoms with van der Waals surface area (Å²) in [6.45, 7) is 1.30. The van der Waals surface area contributed by atoms with Gasteiger partial charge in [-0.15, -0.1) is 0 Å². The maximum atomic E-state index is 13.4. The highest BCUT2D eigenvalue weighted by atomic mass is 19.1. The summed E-state index contributed by atoms with van der Waals surface area (Å²) in [6.07, 6.45) is 2.53. The van der Waals surface area contributed by atoms with Gasteiger partial charge in [-0.25, -0.2) is 4.39 Å². The Labute approximate surface area is 179 Å². The van der Waals surface area contributed by atoms with Crippen molar-refractivity contribution < 1.29 is 23.1 Å². The van der Waals surface area contributed by atoms with E-state index < -0.39 is 5.41 Å². The molecule has 160 valence electrons. The molecule has 1 saturated heterocycles. The number of carbonyl (C=O) groups is 2. The maximum Gasteiger partial charge on any atom is 0.291 e. The van der Waals surface area contributed by atoms with E-state index in [9.17, 15) is 14.0 Å². The van der Waals surface area contributed by atoms with E-state index in [0.717, 1.165) is 11.1 Å². The molecule has 31 heavy (non-hydrogen) atoms. The molecule has 0 atom stereocenters. The lowest BCUT2D eigenvalue weighted by Crippen LogP contribution is -2.47. The Hall–Kier alpha value is -3.45. The van der Waals surface area contributed by atoms with Gasteiger partial charge in [0.05, 0.1) is 11.7 Å². The third kappa shape index (κ3) is 4.67. The second-order valence-electron chi connectivity index (χ2n) is 7.51. The van der Waals surface area contributed by atoms with Crippen molar-refractivity contribution in [3.05, 3.63) is 89.6 Å². The summed E-state index contributed by atoms with van der Waals surface area (Å²) < 4.78 is 23.9. The van der Waals surface area contributed by atoms with Crippen LogP contribution in [-0.4, -0.2) is 25.0 Å². The van der Waals surface area contributed by atoms with E-state index in [1.54, 1.807) is 36.4 Å². The van der Waals surface area contributed by atoms with E-state index in [1.807, 2.05) is 12.1 Å². The van der Waals surface area contributed by atoms with Gasteiger partial charge in [0, 0.05) is 25.4 Å². The Morgan fingerprint density at radius 3 is 2.32 bits per heavy atom. The molecule has 0 aliphatic carbocycles. The van der Waals surface area contributed by atoms with Crippen molar-refractivity contribution in [2.45, 2.75) is 24.8 Å². The molecule has 1 aliphatic heterocycles. The van der Waals surface area contributed by atoms with Crippen LogP contribution in [0.15, 0.2) is 71.3 Å². The van der Waals surface area contributed by atoms with E-state index in [4.69, 9.17) is 9.15 Å². The van der Waals surface area contributed by atoms with Gasteiger partial charge in [0.25, 0.3) is 5.91 Å². The number of carbonyl (C=O) groups excluding carboxylic acids is 2. The van der Waals surface area contributed by atoms with E-state index >= 15 is 0 Å². The number of rotatable bonds is 6. The lowest BCUT2D eigenvalue weighted by atomic mass is 9.73. The van der Waals surface area contributed by atoms with Crippen LogP contribution in [-0.2, 0) is 21.5 Å². The zero-order valence-electron chi connectivity index (χ0n) is 16.9. The Balaban J connectivity index is 1.40. The number of hydrogen-bond acceptors (Lipinski definition) is 4. The topological polar surface area (TPSA) is 80.6 Å². The average molecular weight is 422 g/mol. The molecule has 6 nitrogen and oxygen atoms in total. The van der Waals surface area contributed by atoms with Crippen LogP contribution in [0.4, 0.5) is 10.1 Å². The van der Waals surface area contributed by atoms with Crippen LogP contribution in [0.3, 0.4) is 0 Å². The molecule has 0 unspecified atom stereocenters. The smallest absolute Gasteiger partial charge is 0.291 e. The highest BCUT2D eigenvalue weighted by molar-refractivity contribution is 6.02. The summed E-state index contributed by atoms with van der Waals surface area (Å²) in [5.74, 6) is -0.520. The molecule has 4 rings (SSSR count). The fourth-order valence-electron chi connectivity index (χ4n) is 3.79. The van der Waals surface area contributed by atoms with Gasteiger partial charge in [-0.2, -0.15) is 0 Å². The normalized spacial score (nSPS) is 15.3. The van der Waals surface area contributed by atoms with Gasteiger partial charge >= 0.3 is 0 Å². The largest absolute Gasteiger partial charge is 0.459 e. The lowest BCUT2D eigenvalue weighted by molar-refractivity contribution is -0.130. The molecule has 0 saturated carbocycles. The highest BCUT2D eigenvalue weighted by Crippen LogP contribution is 2.35. The van der Waals surface area contributed by atoms with Gasteiger partial charge in [-0.1, -0.05) is 24.3 Å². The second-order valence-corrected chi connectivity index (χ2v) is 7.51. The Kier molecular flexibility index (Phi) is 6.13. The first-order chi connectivity index (χ1) is 15.1. The number of nitrogens with one attached hydrogen (secondary N) is 2. The fraction of sp³-hybridized carbons (Fsp3) is 0.250. The van der Waals surface area contributed by atoms with E-state index in [-0.39, 0.29) is 23.4 Å². The molecule has 3 aromatic rings. The van der Waals surface area contributed by atoms with Crippen molar-refractivity contribution in [3.63, 3.8) is 0 Å². The summed E-state index contributed by atoms with van der Waals surface area (Å²) in [6, 6.07) is 16.6. The van der Waals surface area contributed by atoms with Gasteiger partial charge in [0.2, 0.25) is 5.91 Å². The van der Waals surface area contributed by atoms with E-state index in [1.165, 1.54) is 18.4 Å². The van der Waals surface area contributed by atoms with Crippen LogP contribution in [0.1, 0.15) is 34.5 Å². The molecule has 0 radical (unpaired) electrons. The molecule has 1 aliphatic rings. The molecular formula is C24H23FN2O4. The Morgan fingerprint density at radius 2 is 1.68 bits per heavy atom. The SMILES string of the molecule is O=C(Nc1ccc(CNC(=O)C2(c3ccc(F)cc3)CCOCC2)cc1)c1ccco1. The standard InChI is InChI=1S/C24H23FN2O4/c25-19-7-5-18(6-8-19)24(11-14-30-15-12-24)23(29)26-16-17-3-9-20(10-4-17)27-22(28)21-2-1-13-31-21/h1-10,13H,11-12,14-16H2,(H,26,29)(H,27,28). The molecule has 1 aromatic heterocycles. The summed E-state index contributed by atoms with van der Waals surface area (Å²) in [7, 11) is 0. The van der Waals surface area contributed by atoms with Crippen molar-refractivity contribution in [3.8, 4) is 0 Å². The highest BCUT2D eigenvalue weighted by Gasteiger charge is 2.41. The number of ether oxygens (including phenoxy) is 1. The number of furan rings is 1. The Bertz CT molecular complexity index is 1020. The number of amides is 2. The third-order valence-corrected chi connectivity index (χ3v) is 5.59. The lowest BCUT2D eigenvalue weighted by Gasteiger charge is -2.36. The molecule has 2 N–H and O–H groups in total. The minimum Gasteiger partial charge on any atom is -0.459 e. The van der Waals surface area contributed by atoms with Crippen LogP contribution in [0.5, 0.6) is 0 Å². The van der Waals surface area contributed by atoms with Crippen LogP contribution in [0.25, 0.3) is 0 Å². The first-order valence-corrected chi connectivity index (χ1v) is 10.1. The van der Waals surface area contributed by atoms with Crippen LogP contribution >= 0.6 is 0 Å². The summed E-state index contributed by atoms with van der Waals surface area (Å²) >= 11 is 0. The zero-order chi connectivity index (χ0) is 21.7. The molecule has 2 amide bonds. The molecule has 2 aromatic carbocycles. The van der Waals surface area contributed by atoms with Crippen LogP contribution in [0.2, 0.25) is 0 Å². The van der Waals surface area contributed by atoms with Gasteiger partial charge in [0.1, 0.15) is 5.82 Å². The van der Waals surface area contributed by atoms with Crippen LogP contribution in [0, 0.1) is 5.82 Å². The van der Waals surface area contributed by atoms with Gasteiger partial charge in [0.15, 0.2) is 5.76 Å². The molecular weight excluding hydrogens is 399 g/mol. The summed E-state index contributed by atoms with van der Waals surface area (Å²) in [4.78, 5) is 25.2.